The Bertz CT molecular complexity index is 451. The van der Waals surface area contributed by atoms with E-state index < -0.39 is 17.5 Å². The van der Waals surface area contributed by atoms with Gasteiger partial charge in [0.1, 0.15) is 11.5 Å². The van der Waals surface area contributed by atoms with E-state index in [9.17, 15) is 9.59 Å². The Morgan fingerprint density at radius 1 is 1.10 bits per heavy atom. The van der Waals surface area contributed by atoms with Crippen LogP contribution in [0.5, 0.6) is 0 Å². The molecule has 0 aliphatic carbocycles. The van der Waals surface area contributed by atoms with Gasteiger partial charge in [-0.05, 0) is 33.3 Å². The maximum atomic E-state index is 12.6. The van der Waals surface area contributed by atoms with E-state index in [-0.39, 0.29) is 12.4 Å². The first kappa shape index (κ1) is 16.4. The van der Waals surface area contributed by atoms with Gasteiger partial charge in [0.25, 0.3) is 0 Å². The van der Waals surface area contributed by atoms with Crippen LogP contribution in [0.1, 0.15) is 39.4 Å². The summed E-state index contributed by atoms with van der Waals surface area (Å²) < 4.78 is 10.5. The lowest BCUT2D eigenvalue weighted by Gasteiger charge is -2.26. The monoisotopic (exact) mass is 278 g/mol. The van der Waals surface area contributed by atoms with Gasteiger partial charge in [0.05, 0.1) is 6.61 Å². The van der Waals surface area contributed by atoms with Crippen molar-refractivity contribution in [1.82, 2.24) is 0 Å². The Morgan fingerprint density at radius 2 is 1.70 bits per heavy atom. The summed E-state index contributed by atoms with van der Waals surface area (Å²) in [6, 6.07) is 9.18. The van der Waals surface area contributed by atoms with E-state index in [0.29, 0.717) is 6.61 Å². The standard InChI is InChI=1S/C16H22O4/c1-5-19-13(12-10-8-7-9-11-12)14(17)16(3,4)15(18)20-6-2/h7-11,13H,5-6H2,1-4H3. The van der Waals surface area contributed by atoms with Gasteiger partial charge < -0.3 is 9.47 Å². The van der Waals surface area contributed by atoms with Crippen LogP contribution in [0.15, 0.2) is 30.3 Å². The van der Waals surface area contributed by atoms with Crippen molar-refractivity contribution < 1.29 is 19.1 Å². The highest BCUT2D eigenvalue weighted by atomic mass is 16.5. The summed E-state index contributed by atoms with van der Waals surface area (Å²) >= 11 is 0. The zero-order chi connectivity index (χ0) is 15.2. The lowest BCUT2D eigenvalue weighted by atomic mass is 9.83. The van der Waals surface area contributed by atoms with Crippen LogP contribution in [0, 0.1) is 5.41 Å². The topological polar surface area (TPSA) is 52.6 Å². The van der Waals surface area contributed by atoms with Crippen molar-refractivity contribution in [2.45, 2.75) is 33.8 Å². The minimum Gasteiger partial charge on any atom is -0.465 e. The molecule has 0 saturated heterocycles. The molecule has 0 bridgehead atoms. The van der Waals surface area contributed by atoms with Gasteiger partial charge in [-0.15, -0.1) is 0 Å². The fraction of sp³-hybridized carbons (Fsp3) is 0.500. The summed E-state index contributed by atoms with van der Waals surface area (Å²) in [6.45, 7) is 7.32. The van der Waals surface area contributed by atoms with Crippen LogP contribution in [0.2, 0.25) is 0 Å². The van der Waals surface area contributed by atoms with E-state index in [1.165, 1.54) is 0 Å². The Kier molecular flexibility index (Phi) is 5.89. The third-order valence-corrected chi connectivity index (χ3v) is 3.08. The predicted molar refractivity (Wildman–Crippen MR) is 76.2 cm³/mol. The van der Waals surface area contributed by atoms with Gasteiger partial charge in [-0.2, -0.15) is 0 Å². The van der Waals surface area contributed by atoms with Crippen molar-refractivity contribution in [2.24, 2.45) is 5.41 Å². The third kappa shape index (κ3) is 3.67. The second kappa shape index (κ2) is 7.20. The number of hydrogen-bond donors (Lipinski definition) is 0. The lowest BCUT2D eigenvalue weighted by molar-refractivity contribution is -0.162. The maximum Gasteiger partial charge on any atom is 0.319 e. The van der Waals surface area contributed by atoms with Crippen LogP contribution < -0.4 is 0 Å². The summed E-state index contributed by atoms with van der Waals surface area (Å²) in [5, 5.41) is 0. The molecule has 20 heavy (non-hydrogen) atoms. The highest BCUT2D eigenvalue weighted by Gasteiger charge is 2.42. The van der Waals surface area contributed by atoms with E-state index in [1.54, 1.807) is 20.8 Å². The molecule has 1 aromatic carbocycles. The number of hydrogen-bond acceptors (Lipinski definition) is 4. The highest BCUT2D eigenvalue weighted by Crippen LogP contribution is 2.30. The van der Waals surface area contributed by atoms with E-state index in [1.807, 2.05) is 37.3 Å². The fourth-order valence-electron chi connectivity index (χ4n) is 1.86. The number of ketones is 1. The average molecular weight is 278 g/mol. The molecule has 1 atom stereocenters. The molecule has 0 heterocycles. The number of esters is 1. The van der Waals surface area contributed by atoms with Gasteiger partial charge in [-0.25, -0.2) is 0 Å². The second-order valence-corrected chi connectivity index (χ2v) is 4.96. The zero-order valence-electron chi connectivity index (χ0n) is 12.5. The van der Waals surface area contributed by atoms with Crippen molar-refractivity contribution in [1.29, 1.82) is 0 Å². The maximum absolute atomic E-state index is 12.6. The van der Waals surface area contributed by atoms with Crippen LogP contribution in [0.25, 0.3) is 0 Å². The molecular weight excluding hydrogens is 256 g/mol. The molecule has 0 spiro atoms. The minimum atomic E-state index is -1.23. The Balaban J connectivity index is 3.03. The predicted octanol–water partition coefficient (Wildman–Crippen LogP) is 2.92. The van der Waals surface area contributed by atoms with Gasteiger partial charge in [0.2, 0.25) is 0 Å². The summed E-state index contributed by atoms with van der Waals surface area (Å²) in [6.07, 6.45) is -0.749. The Hall–Kier alpha value is -1.68. The molecule has 0 fully saturated rings. The molecule has 0 amide bonds. The van der Waals surface area contributed by atoms with Crippen molar-refractivity contribution in [3.63, 3.8) is 0 Å². The molecule has 1 aromatic rings. The smallest absolute Gasteiger partial charge is 0.319 e. The average Bonchev–Trinajstić information content (AvgIpc) is 2.45. The third-order valence-electron chi connectivity index (χ3n) is 3.08. The fourth-order valence-corrected chi connectivity index (χ4v) is 1.86. The molecular formula is C16H22O4. The number of rotatable bonds is 7. The first-order valence-corrected chi connectivity index (χ1v) is 6.83. The molecule has 110 valence electrons. The number of benzene rings is 1. The minimum absolute atomic E-state index is 0.250. The Labute approximate surface area is 120 Å². The molecule has 0 aliphatic rings. The van der Waals surface area contributed by atoms with Gasteiger partial charge in [0.15, 0.2) is 5.78 Å². The number of ether oxygens (including phenoxy) is 2. The molecule has 4 heteroatoms. The number of Topliss-reactive ketones (excluding diaryl/α,β-unsaturated/α-hetero) is 1. The molecule has 0 aromatic heterocycles. The second-order valence-electron chi connectivity index (χ2n) is 4.96. The van der Waals surface area contributed by atoms with Gasteiger partial charge >= 0.3 is 5.97 Å². The van der Waals surface area contributed by atoms with E-state index in [4.69, 9.17) is 9.47 Å². The lowest BCUT2D eigenvalue weighted by Crippen LogP contribution is -2.39. The SMILES string of the molecule is CCOC(=O)C(C)(C)C(=O)C(OCC)c1ccccc1. The first-order valence-electron chi connectivity index (χ1n) is 6.83. The largest absolute Gasteiger partial charge is 0.465 e. The molecule has 0 aliphatic heterocycles. The van der Waals surface area contributed by atoms with Crippen molar-refractivity contribution in [3.05, 3.63) is 35.9 Å². The summed E-state index contributed by atoms with van der Waals surface area (Å²) in [5.41, 5.74) is -0.484. The van der Waals surface area contributed by atoms with Crippen LogP contribution in [0.4, 0.5) is 0 Å². The normalized spacial score (nSPS) is 12.8. The van der Waals surface area contributed by atoms with E-state index >= 15 is 0 Å². The molecule has 0 radical (unpaired) electrons. The molecule has 4 nitrogen and oxygen atoms in total. The number of carbonyl (C=O) groups excluding carboxylic acids is 2. The molecule has 1 unspecified atom stereocenters. The van der Waals surface area contributed by atoms with Crippen molar-refractivity contribution in [3.8, 4) is 0 Å². The molecule has 0 N–H and O–H groups in total. The summed E-state index contributed by atoms with van der Waals surface area (Å²) in [7, 11) is 0. The first-order chi connectivity index (χ1) is 9.45. The highest BCUT2D eigenvalue weighted by molar-refractivity contribution is 6.05. The summed E-state index contributed by atoms with van der Waals surface area (Å²) in [5.74, 6) is -0.811. The van der Waals surface area contributed by atoms with Gasteiger partial charge in [-0.1, -0.05) is 30.3 Å². The Morgan fingerprint density at radius 3 is 2.20 bits per heavy atom. The number of carbonyl (C=O) groups is 2. The van der Waals surface area contributed by atoms with Gasteiger partial charge in [0, 0.05) is 6.61 Å². The van der Waals surface area contributed by atoms with Crippen molar-refractivity contribution >= 4 is 11.8 Å². The summed E-state index contributed by atoms with van der Waals surface area (Å²) in [4.78, 5) is 24.6. The molecule has 1 rings (SSSR count). The van der Waals surface area contributed by atoms with Crippen LogP contribution >= 0.6 is 0 Å². The van der Waals surface area contributed by atoms with E-state index in [2.05, 4.69) is 0 Å². The van der Waals surface area contributed by atoms with Crippen LogP contribution in [-0.2, 0) is 19.1 Å². The van der Waals surface area contributed by atoms with Crippen LogP contribution in [-0.4, -0.2) is 25.0 Å². The van der Waals surface area contributed by atoms with Gasteiger partial charge in [-0.3, -0.25) is 9.59 Å². The quantitative estimate of drug-likeness (QED) is 0.568. The van der Waals surface area contributed by atoms with Crippen molar-refractivity contribution in [2.75, 3.05) is 13.2 Å². The van der Waals surface area contributed by atoms with E-state index in [0.717, 1.165) is 5.56 Å². The zero-order valence-corrected chi connectivity index (χ0v) is 12.5. The van der Waals surface area contributed by atoms with Crippen LogP contribution in [0.3, 0.4) is 0 Å². The molecule has 0 saturated carbocycles.